The second-order valence-corrected chi connectivity index (χ2v) is 9.75. The van der Waals surface area contributed by atoms with E-state index >= 15 is 0 Å². The fraction of sp³-hybridized carbons (Fsp3) is 0.516. The summed E-state index contributed by atoms with van der Waals surface area (Å²) in [6.07, 6.45) is 7.55. The number of benzene rings is 2. The van der Waals surface area contributed by atoms with Crippen molar-refractivity contribution in [3.8, 4) is 17.2 Å². The second kappa shape index (κ2) is 15.8. The van der Waals surface area contributed by atoms with E-state index in [0.717, 1.165) is 48.8 Å². The van der Waals surface area contributed by atoms with Crippen LogP contribution in [0.25, 0.3) is 11.1 Å². The van der Waals surface area contributed by atoms with Crippen molar-refractivity contribution in [2.75, 3.05) is 6.61 Å². The van der Waals surface area contributed by atoms with E-state index in [9.17, 15) is 14.9 Å². The van der Waals surface area contributed by atoms with Gasteiger partial charge < -0.3 is 9.64 Å². The molecule has 0 N–H and O–H groups in total. The van der Waals surface area contributed by atoms with E-state index in [0.29, 0.717) is 25.1 Å². The van der Waals surface area contributed by atoms with Crippen LogP contribution in [-0.2, 0) is 20.9 Å². The predicted molar refractivity (Wildman–Crippen MR) is 145 cm³/mol. The molecule has 194 valence electrons. The van der Waals surface area contributed by atoms with Gasteiger partial charge in [-0.1, -0.05) is 102 Å². The van der Waals surface area contributed by atoms with Crippen LogP contribution >= 0.6 is 0 Å². The van der Waals surface area contributed by atoms with E-state index in [1.54, 1.807) is 11.0 Å². The fourth-order valence-electron chi connectivity index (χ4n) is 4.36. The van der Waals surface area contributed by atoms with Gasteiger partial charge in [-0.25, -0.2) is 4.79 Å². The molecule has 0 aliphatic carbocycles. The van der Waals surface area contributed by atoms with E-state index in [1.807, 2.05) is 56.3 Å². The van der Waals surface area contributed by atoms with Gasteiger partial charge in [0.15, 0.2) is 0 Å². The van der Waals surface area contributed by atoms with Gasteiger partial charge in [-0.2, -0.15) is 5.26 Å². The number of nitriles is 1. The Kier molecular flexibility index (Phi) is 12.8. The molecule has 5 heteroatoms. The first-order valence-corrected chi connectivity index (χ1v) is 13.5. The zero-order chi connectivity index (χ0) is 26.3. The maximum absolute atomic E-state index is 13.3. The molecule has 0 aliphatic heterocycles. The molecule has 0 unspecified atom stereocenters. The summed E-state index contributed by atoms with van der Waals surface area (Å²) in [4.78, 5) is 28.1. The molecule has 0 heterocycles. The van der Waals surface area contributed by atoms with Crippen LogP contribution in [0.2, 0.25) is 0 Å². The van der Waals surface area contributed by atoms with Crippen LogP contribution in [-0.4, -0.2) is 29.4 Å². The van der Waals surface area contributed by atoms with E-state index in [1.165, 1.54) is 12.8 Å². The number of ether oxygens (including phenoxy) is 1. The summed E-state index contributed by atoms with van der Waals surface area (Å²) < 4.78 is 5.66. The fourth-order valence-corrected chi connectivity index (χ4v) is 4.36. The zero-order valence-electron chi connectivity index (χ0n) is 22.5. The molecular formula is C31H42N2O3. The van der Waals surface area contributed by atoms with Crippen LogP contribution in [0.1, 0.15) is 90.2 Å². The van der Waals surface area contributed by atoms with Crippen molar-refractivity contribution in [1.29, 1.82) is 5.26 Å². The Balaban J connectivity index is 2.19. The molecule has 0 saturated heterocycles. The molecule has 0 radical (unpaired) electrons. The van der Waals surface area contributed by atoms with E-state index in [2.05, 4.69) is 19.9 Å². The molecule has 1 amide bonds. The molecule has 2 rings (SSSR count). The minimum absolute atomic E-state index is 0.0191. The Hall–Kier alpha value is -3.13. The first-order chi connectivity index (χ1) is 17.4. The van der Waals surface area contributed by atoms with Crippen LogP contribution in [0, 0.1) is 17.2 Å². The normalized spacial score (nSPS) is 11.7. The van der Waals surface area contributed by atoms with Gasteiger partial charge in [-0.3, -0.25) is 4.79 Å². The van der Waals surface area contributed by atoms with E-state index in [-0.39, 0.29) is 17.8 Å². The third kappa shape index (κ3) is 8.82. The number of rotatable bonds is 15. The molecule has 0 bridgehead atoms. The lowest BCUT2D eigenvalue weighted by atomic mass is 9.98. The molecular weight excluding hydrogens is 448 g/mol. The minimum atomic E-state index is -0.621. The quantitative estimate of drug-likeness (QED) is 0.194. The standard InChI is InChI=1S/C31H42N2O3/c1-5-7-9-10-13-21-36-31(35)30(24(3)4)33(29(34)16-8-6-2)23-25-17-19-26(20-18-25)28-15-12-11-14-27(28)22-32/h11-12,14-15,17-20,24,30H,5-10,13,16,21,23H2,1-4H3/t30-/m0/s1. The van der Waals surface area contributed by atoms with Crippen molar-refractivity contribution in [1.82, 2.24) is 4.90 Å². The number of nitrogens with zero attached hydrogens (tertiary/aromatic N) is 2. The summed E-state index contributed by atoms with van der Waals surface area (Å²) >= 11 is 0. The van der Waals surface area contributed by atoms with Crippen molar-refractivity contribution in [2.45, 2.75) is 91.6 Å². The number of esters is 1. The smallest absolute Gasteiger partial charge is 0.329 e. The number of hydrogen-bond donors (Lipinski definition) is 0. The molecule has 36 heavy (non-hydrogen) atoms. The highest BCUT2D eigenvalue weighted by molar-refractivity contribution is 5.85. The number of hydrogen-bond acceptors (Lipinski definition) is 4. The molecule has 0 saturated carbocycles. The van der Waals surface area contributed by atoms with Crippen molar-refractivity contribution in [2.24, 2.45) is 5.92 Å². The zero-order valence-corrected chi connectivity index (χ0v) is 22.5. The number of amides is 1. The largest absolute Gasteiger partial charge is 0.464 e. The Morgan fingerprint density at radius 3 is 2.22 bits per heavy atom. The summed E-state index contributed by atoms with van der Waals surface area (Å²) in [5.74, 6) is -0.399. The van der Waals surface area contributed by atoms with Gasteiger partial charge >= 0.3 is 5.97 Å². The first kappa shape index (κ1) is 29.1. The van der Waals surface area contributed by atoms with Crippen LogP contribution in [0.15, 0.2) is 48.5 Å². The molecule has 0 spiro atoms. The average Bonchev–Trinajstić information content (AvgIpc) is 2.89. The molecule has 2 aromatic carbocycles. The lowest BCUT2D eigenvalue weighted by molar-refractivity contribution is -0.158. The lowest BCUT2D eigenvalue weighted by Gasteiger charge is -2.33. The Morgan fingerprint density at radius 1 is 0.917 bits per heavy atom. The highest BCUT2D eigenvalue weighted by Gasteiger charge is 2.33. The van der Waals surface area contributed by atoms with Gasteiger partial charge in [0.2, 0.25) is 5.91 Å². The van der Waals surface area contributed by atoms with Gasteiger partial charge in [-0.15, -0.1) is 0 Å². The van der Waals surface area contributed by atoms with E-state index < -0.39 is 6.04 Å². The molecule has 0 aromatic heterocycles. The maximum Gasteiger partial charge on any atom is 0.329 e. The van der Waals surface area contributed by atoms with Gasteiger partial charge in [0.1, 0.15) is 6.04 Å². The highest BCUT2D eigenvalue weighted by atomic mass is 16.5. The first-order valence-electron chi connectivity index (χ1n) is 13.5. The summed E-state index contributed by atoms with van der Waals surface area (Å²) in [6.45, 7) is 8.91. The summed E-state index contributed by atoms with van der Waals surface area (Å²) in [5, 5.41) is 9.43. The third-order valence-electron chi connectivity index (χ3n) is 6.43. The summed E-state index contributed by atoms with van der Waals surface area (Å²) in [5.41, 5.74) is 3.39. The maximum atomic E-state index is 13.3. The predicted octanol–water partition coefficient (Wildman–Crippen LogP) is 7.28. The molecule has 5 nitrogen and oxygen atoms in total. The van der Waals surface area contributed by atoms with Crippen LogP contribution in [0.4, 0.5) is 0 Å². The summed E-state index contributed by atoms with van der Waals surface area (Å²) in [6, 6.07) is 17.0. The monoisotopic (exact) mass is 490 g/mol. The van der Waals surface area contributed by atoms with Crippen molar-refractivity contribution in [3.05, 3.63) is 59.7 Å². The second-order valence-electron chi connectivity index (χ2n) is 9.75. The number of carbonyl (C=O) groups is 2. The number of unbranched alkanes of at least 4 members (excludes halogenated alkanes) is 5. The summed E-state index contributed by atoms with van der Waals surface area (Å²) in [7, 11) is 0. The van der Waals surface area contributed by atoms with Gasteiger partial charge in [-0.05, 0) is 41.5 Å². The molecule has 1 atom stereocenters. The van der Waals surface area contributed by atoms with Crippen LogP contribution in [0.3, 0.4) is 0 Å². The van der Waals surface area contributed by atoms with Crippen molar-refractivity contribution >= 4 is 11.9 Å². The Morgan fingerprint density at radius 2 is 1.58 bits per heavy atom. The van der Waals surface area contributed by atoms with Crippen LogP contribution < -0.4 is 0 Å². The Bertz CT molecular complexity index is 992. The SMILES string of the molecule is CCCCCCCOC(=O)[C@H](C(C)C)N(Cc1ccc(-c2ccccc2C#N)cc1)C(=O)CCCC. The average molecular weight is 491 g/mol. The molecule has 0 aliphatic rings. The van der Waals surface area contributed by atoms with Gasteiger partial charge in [0.25, 0.3) is 0 Å². The Labute approximate surface area is 217 Å². The van der Waals surface area contributed by atoms with Gasteiger partial charge in [0, 0.05) is 13.0 Å². The van der Waals surface area contributed by atoms with E-state index in [4.69, 9.17) is 4.74 Å². The minimum Gasteiger partial charge on any atom is -0.464 e. The van der Waals surface area contributed by atoms with Crippen molar-refractivity contribution in [3.63, 3.8) is 0 Å². The number of carbonyl (C=O) groups excluding carboxylic acids is 2. The van der Waals surface area contributed by atoms with Gasteiger partial charge in [0.05, 0.1) is 18.2 Å². The van der Waals surface area contributed by atoms with Crippen molar-refractivity contribution < 1.29 is 14.3 Å². The molecule has 2 aromatic rings. The lowest BCUT2D eigenvalue weighted by Crippen LogP contribution is -2.48. The highest BCUT2D eigenvalue weighted by Crippen LogP contribution is 2.25. The van der Waals surface area contributed by atoms with Crippen LogP contribution in [0.5, 0.6) is 0 Å². The topological polar surface area (TPSA) is 70.4 Å². The third-order valence-corrected chi connectivity index (χ3v) is 6.43. The molecule has 0 fully saturated rings.